The van der Waals surface area contributed by atoms with E-state index in [1.165, 1.54) is 11.8 Å². The van der Waals surface area contributed by atoms with Gasteiger partial charge in [-0.1, -0.05) is 17.8 Å². The van der Waals surface area contributed by atoms with Crippen LogP contribution in [0.15, 0.2) is 34.4 Å². The molecule has 2 aromatic heterocycles. The fourth-order valence-corrected chi connectivity index (χ4v) is 1.86. The highest BCUT2D eigenvalue weighted by atomic mass is 32.2. The molecule has 0 saturated carbocycles. The fourth-order valence-electron chi connectivity index (χ4n) is 1.05. The van der Waals surface area contributed by atoms with Gasteiger partial charge in [0.15, 0.2) is 0 Å². The van der Waals surface area contributed by atoms with Crippen LogP contribution in [0.1, 0.15) is 5.56 Å². The highest BCUT2D eigenvalue weighted by molar-refractivity contribution is 7.99. The highest BCUT2D eigenvalue weighted by Crippen LogP contribution is 2.30. The molecule has 0 aliphatic carbocycles. The molecule has 0 unspecified atom stereocenters. The standard InChI is InChI=1S/C9H10N4S/c1-6-3-2-4-11-9(6)14-7-5-12-13-8(7)10/h2-5H,1H3,(H3,10,12,13). The van der Waals surface area contributed by atoms with Crippen molar-refractivity contribution in [1.82, 2.24) is 15.2 Å². The van der Waals surface area contributed by atoms with Gasteiger partial charge in [0, 0.05) is 6.20 Å². The lowest BCUT2D eigenvalue weighted by atomic mass is 10.3. The zero-order valence-corrected chi connectivity index (χ0v) is 8.51. The third-order valence-corrected chi connectivity index (χ3v) is 2.97. The Balaban J connectivity index is 2.28. The van der Waals surface area contributed by atoms with E-state index in [-0.39, 0.29) is 0 Å². The topological polar surface area (TPSA) is 67.6 Å². The molecule has 4 nitrogen and oxygen atoms in total. The Morgan fingerprint density at radius 3 is 3.00 bits per heavy atom. The summed E-state index contributed by atoms with van der Waals surface area (Å²) in [5.41, 5.74) is 6.81. The molecule has 2 rings (SSSR count). The van der Waals surface area contributed by atoms with Crippen LogP contribution in [-0.2, 0) is 0 Å². The number of nitrogen functional groups attached to an aromatic ring is 1. The summed E-state index contributed by atoms with van der Waals surface area (Å²) in [4.78, 5) is 5.17. The van der Waals surface area contributed by atoms with Crippen LogP contribution < -0.4 is 5.73 Å². The number of aromatic amines is 1. The Morgan fingerprint density at radius 2 is 2.36 bits per heavy atom. The molecule has 0 saturated heterocycles. The summed E-state index contributed by atoms with van der Waals surface area (Å²) in [6.07, 6.45) is 3.47. The highest BCUT2D eigenvalue weighted by Gasteiger charge is 2.06. The summed E-state index contributed by atoms with van der Waals surface area (Å²) in [6, 6.07) is 3.93. The zero-order valence-electron chi connectivity index (χ0n) is 7.69. The van der Waals surface area contributed by atoms with Crippen molar-refractivity contribution in [3.05, 3.63) is 30.1 Å². The molecule has 5 heteroatoms. The summed E-state index contributed by atoms with van der Waals surface area (Å²) in [5.74, 6) is 0.583. The second-order valence-electron chi connectivity index (χ2n) is 2.88. The molecule has 0 aliphatic heterocycles. The first-order valence-electron chi connectivity index (χ1n) is 4.15. The third-order valence-electron chi connectivity index (χ3n) is 1.80. The smallest absolute Gasteiger partial charge is 0.133 e. The van der Waals surface area contributed by atoms with Crippen LogP contribution >= 0.6 is 11.8 Å². The number of aromatic nitrogens is 3. The molecule has 3 N–H and O–H groups in total. The molecule has 0 spiro atoms. The Labute approximate surface area is 85.9 Å². The van der Waals surface area contributed by atoms with E-state index < -0.39 is 0 Å². The molecule has 0 fully saturated rings. The van der Waals surface area contributed by atoms with Crippen molar-refractivity contribution in [1.29, 1.82) is 0 Å². The summed E-state index contributed by atoms with van der Waals surface area (Å²) in [6.45, 7) is 2.02. The van der Waals surface area contributed by atoms with Crippen molar-refractivity contribution in [2.45, 2.75) is 16.8 Å². The lowest BCUT2D eigenvalue weighted by molar-refractivity contribution is 1.08. The Bertz CT molecular complexity index is 438. The molecule has 72 valence electrons. The maximum absolute atomic E-state index is 5.67. The van der Waals surface area contributed by atoms with E-state index in [0.29, 0.717) is 5.82 Å². The summed E-state index contributed by atoms with van der Waals surface area (Å²) >= 11 is 1.52. The largest absolute Gasteiger partial charge is 0.383 e. The summed E-state index contributed by atoms with van der Waals surface area (Å²) in [5, 5.41) is 7.50. The molecular formula is C9H10N4S. The van der Waals surface area contributed by atoms with Crippen LogP contribution in [0.3, 0.4) is 0 Å². The first-order chi connectivity index (χ1) is 6.77. The van der Waals surface area contributed by atoms with Crippen LogP contribution in [0.25, 0.3) is 0 Å². The van der Waals surface area contributed by atoms with Crippen LogP contribution in [0, 0.1) is 6.92 Å². The number of H-pyrrole nitrogens is 1. The van der Waals surface area contributed by atoms with Gasteiger partial charge in [0.1, 0.15) is 10.8 Å². The van der Waals surface area contributed by atoms with E-state index in [1.54, 1.807) is 12.4 Å². The van der Waals surface area contributed by atoms with Gasteiger partial charge in [-0.25, -0.2) is 4.98 Å². The van der Waals surface area contributed by atoms with E-state index in [2.05, 4.69) is 15.2 Å². The monoisotopic (exact) mass is 206 g/mol. The van der Waals surface area contributed by atoms with Gasteiger partial charge in [-0.05, 0) is 18.6 Å². The maximum Gasteiger partial charge on any atom is 0.133 e. The van der Waals surface area contributed by atoms with Crippen molar-refractivity contribution in [3.63, 3.8) is 0 Å². The van der Waals surface area contributed by atoms with E-state index >= 15 is 0 Å². The lowest BCUT2D eigenvalue weighted by Crippen LogP contribution is -1.88. The van der Waals surface area contributed by atoms with E-state index in [1.807, 2.05) is 19.1 Å². The average Bonchev–Trinajstić information content (AvgIpc) is 2.56. The van der Waals surface area contributed by atoms with Crippen molar-refractivity contribution >= 4 is 17.6 Å². The molecule has 0 aromatic carbocycles. The van der Waals surface area contributed by atoms with Gasteiger partial charge in [0.25, 0.3) is 0 Å². The molecule has 0 amide bonds. The van der Waals surface area contributed by atoms with Gasteiger partial charge in [-0.2, -0.15) is 5.10 Å². The predicted octanol–water partition coefficient (Wildman–Crippen LogP) is 1.85. The van der Waals surface area contributed by atoms with Gasteiger partial charge >= 0.3 is 0 Å². The van der Waals surface area contributed by atoms with Crippen LogP contribution in [0.5, 0.6) is 0 Å². The minimum Gasteiger partial charge on any atom is -0.383 e. The molecule has 0 aliphatic rings. The Kier molecular flexibility index (Phi) is 2.41. The summed E-state index contributed by atoms with van der Waals surface area (Å²) < 4.78 is 0. The van der Waals surface area contributed by atoms with E-state index in [9.17, 15) is 0 Å². The van der Waals surface area contributed by atoms with Crippen molar-refractivity contribution in [3.8, 4) is 0 Å². The van der Waals surface area contributed by atoms with Gasteiger partial charge in [-0.3, -0.25) is 5.10 Å². The quantitative estimate of drug-likeness (QED) is 0.786. The first-order valence-corrected chi connectivity index (χ1v) is 4.97. The van der Waals surface area contributed by atoms with Gasteiger partial charge in [-0.15, -0.1) is 0 Å². The maximum atomic E-state index is 5.67. The predicted molar refractivity (Wildman–Crippen MR) is 56.1 cm³/mol. The number of nitrogens with one attached hydrogen (secondary N) is 1. The fraction of sp³-hybridized carbons (Fsp3) is 0.111. The van der Waals surface area contributed by atoms with Gasteiger partial charge in [0.2, 0.25) is 0 Å². The van der Waals surface area contributed by atoms with E-state index in [0.717, 1.165) is 15.5 Å². The SMILES string of the molecule is Cc1cccnc1Sc1cn[nH]c1N. The zero-order chi connectivity index (χ0) is 9.97. The number of nitrogens with zero attached hydrogens (tertiary/aromatic N) is 2. The van der Waals surface area contributed by atoms with Crippen LogP contribution in [-0.4, -0.2) is 15.2 Å². The first kappa shape index (κ1) is 9.08. The number of hydrogen-bond donors (Lipinski definition) is 2. The number of pyridine rings is 1. The molecule has 14 heavy (non-hydrogen) atoms. The minimum atomic E-state index is 0.583. The van der Waals surface area contributed by atoms with Crippen LogP contribution in [0.2, 0.25) is 0 Å². The lowest BCUT2D eigenvalue weighted by Gasteiger charge is -2.01. The number of rotatable bonds is 2. The average molecular weight is 206 g/mol. The molecule has 0 radical (unpaired) electrons. The Hall–Kier alpha value is -1.49. The normalized spacial score (nSPS) is 10.4. The number of anilines is 1. The van der Waals surface area contributed by atoms with Gasteiger partial charge < -0.3 is 5.73 Å². The molecule has 2 aromatic rings. The number of nitrogens with two attached hydrogens (primary N) is 1. The van der Waals surface area contributed by atoms with Crippen molar-refractivity contribution in [2.75, 3.05) is 5.73 Å². The third kappa shape index (κ3) is 1.72. The molecule has 0 bridgehead atoms. The van der Waals surface area contributed by atoms with Crippen molar-refractivity contribution in [2.24, 2.45) is 0 Å². The second kappa shape index (κ2) is 3.71. The van der Waals surface area contributed by atoms with Crippen molar-refractivity contribution < 1.29 is 0 Å². The minimum absolute atomic E-state index is 0.583. The Morgan fingerprint density at radius 1 is 1.50 bits per heavy atom. The summed E-state index contributed by atoms with van der Waals surface area (Å²) in [7, 11) is 0. The van der Waals surface area contributed by atoms with Gasteiger partial charge in [0.05, 0.1) is 11.1 Å². The van der Waals surface area contributed by atoms with E-state index in [4.69, 9.17) is 5.73 Å². The van der Waals surface area contributed by atoms with Crippen LogP contribution in [0.4, 0.5) is 5.82 Å². The molecular weight excluding hydrogens is 196 g/mol. The second-order valence-corrected chi connectivity index (χ2v) is 3.91. The molecule has 2 heterocycles. The molecule has 0 atom stereocenters. The number of hydrogen-bond acceptors (Lipinski definition) is 4. The number of aryl methyl sites for hydroxylation is 1.